The predicted octanol–water partition coefficient (Wildman–Crippen LogP) is 9.85. The van der Waals surface area contributed by atoms with Gasteiger partial charge in [0, 0.05) is 56.2 Å². The second-order valence-electron chi connectivity index (χ2n) is 20.1. The number of hydrogen-bond acceptors (Lipinski definition) is 12. The van der Waals surface area contributed by atoms with Crippen LogP contribution < -0.4 is 25.0 Å². The van der Waals surface area contributed by atoms with Crippen LogP contribution in [0.4, 0.5) is 10.9 Å². The largest absolute Gasteiger partial charge is 0.490 e. The number of likely N-dealkylation sites (tertiary alicyclic amines) is 1. The van der Waals surface area contributed by atoms with Crippen molar-refractivity contribution in [2.24, 2.45) is 13.0 Å². The summed E-state index contributed by atoms with van der Waals surface area (Å²) in [4.78, 5) is 65.0. The van der Waals surface area contributed by atoms with E-state index in [1.807, 2.05) is 110 Å². The van der Waals surface area contributed by atoms with Crippen LogP contribution >= 0.6 is 11.3 Å². The lowest BCUT2D eigenvalue weighted by Crippen LogP contribution is -2.39. The highest BCUT2D eigenvalue weighted by Gasteiger charge is 2.33. The van der Waals surface area contributed by atoms with Gasteiger partial charge in [-0.25, -0.2) is 14.8 Å². The molecule has 3 N–H and O–H groups in total. The molecule has 376 valence electrons. The first-order valence-corrected chi connectivity index (χ1v) is 26.6. The Morgan fingerprint density at radius 2 is 1.58 bits per heavy atom. The number of benzene rings is 4. The number of nitrogens with zero attached hydrogens (tertiary/aromatic N) is 6. The summed E-state index contributed by atoms with van der Waals surface area (Å²) in [6.45, 7) is 6.10. The van der Waals surface area contributed by atoms with Crippen molar-refractivity contribution in [1.82, 2.24) is 30.0 Å². The molecule has 3 aromatic heterocycles. The summed E-state index contributed by atoms with van der Waals surface area (Å²) in [6, 6.07) is 29.1. The van der Waals surface area contributed by atoms with Crippen LogP contribution in [-0.2, 0) is 29.6 Å². The third-order valence-electron chi connectivity index (χ3n) is 15.4. The maximum absolute atomic E-state index is 13.7. The summed E-state index contributed by atoms with van der Waals surface area (Å²) < 4.78 is 16.1. The van der Waals surface area contributed by atoms with Gasteiger partial charge in [0.1, 0.15) is 28.9 Å². The highest BCUT2D eigenvalue weighted by atomic mass is 32.1. The van der Waals surface area contributed by atoms with Gasteiger partial charge >= 0.3 is 5.97 Å². The quantitative estimate of drug-likeness (QED) is 0.0879. The number of hydrogen-bond donors (Lipinski definition) is 3. The van der Waals surface area contributed by atoms with Crippen LogP contribution in [0.1, 0.15) is 113 Å². The zero-order valence-corrected chi connectivity index (χ0v) is 42.1. The third kappa shape index (κ3) is 10.1. The lowest BCUT2D eigenvalue weighted by molar-refractivity contribution is -0.134. The third-order valence-corrected chi connectivity index (χ3v) is 16.4. The number of carbonyl (C=O) groups is 4. The number of pyridine rings is 1. The van der Waals surface area contributed by atoms with Crippen LogP contribution in [0.2, 0.25) is 0 Å². The fraction of sp³-hybridized carbons (Fsp3) is 0.386. The average Bonchev–Trinajstić information content (AvgIpc) is 3.97. The Balaban J connectivity index is 0.658. The van der Waals surface area contributed by atoms with Gasteiger partial charge in [0.2, 0.25) is 11.8 Å². The summed E-state index contributed by atoms with van der Waals surface area (Å²) in [5, 5.41) is 22.2. The topological polar surface area (TPSA) is 181 Å². The van der Waals surface area contributed by atoms with Crippen molar-refractivity contribution in [3.63, 3.8) is 0 Å². The number of rotatable bonds is 14. The Hall–Kier alpha value is -7.17. The van der Waals surface area contributed by atoms with Gasteiger partial charge in [0.05, 0.1) is 27.9 Å². The van der Waals surface area contributed by atoms with Crippen LogP contribution in [0.5, 0.6) is 11.5 Å². The van der Waals surface area contributed by atoms with Crippen molar-refractivity contribution in [3.05, 3.63) is 125 Å². The van der Waals surface area contributed by atoms with E-state index in [1.54, 1.807) is 4.68 Å². The maximum Gasteiger partial charge on any atom is 0.355 e. The zero-order valence-electron chi connectivity index (χ0n) is 41.3. The number of carbonyl (C=O) groups excluding carboxylic acids is 3. The maximum atomic E-state index is 13.7. The van der Waals surface area contributed by atoms with Gasteiger partial charge in [-0.05, 0) is 148 Å². The van der Waals surface area contributed by atoms with E-state index in [1.165, 1.54) is 17.8 Å². The van der Waals surface area contributed by atoms with Crippen LogP contribution in [-0.4, -0.2) is 91.8 Å². The molecule has 73 heavy (non-hydrogen) atoms. The van der Waals surface area contributed by atoms with Gasteiger partial charge in [-0.15, -0.1) is 0 Å². The van der Waals surface area contributed by atoms with Gasteiger partial charge < -0.3 is 24.4 Å². The zero-order chi connectivity index (χ0) is 50.2. The van der Waals surface area contributed by atoms with Gasteiger partial charge in [-0.2, -0.15) is 5.10 Å². The molecule has 3 amide bonds. The summed E-state index contributed by atoms with van der Waals surface area (Å²) in [7, 11) is 1.88. The van der Waals surface area contributed by atoms with E-state index in [-0.39, 0.29) is 35.6 Å². The molecule has 16 heteroatoms. The number of ether oxygens (including phenoxy) is 2. The molecule has 4 aliphatic rings. The minimum atomic E-state index is -1.10. The van der Waals surface area contributed by atoms with Crippen molar-refractivity contribution in [2.75, 3.05) is 36.4 Å². The van der Waals surface area contributed by atoms with E-state index in [4.69, 9.17) is 19.6 Å². The van der Waals surface area contributed by atoms with E-state index < -0.39 is 11.9 Å². The molecule has 0 radical (unpaired) electrons. The smallest absolute Gasteiger partial charge is 0.355 e. The van der Waals surface area contributed by atoms with Gasteiger partial charge in [-0.1, -0.05) is 59.9 Å². The minimum Gasteiger partial charge on any atom is -0.490 e. The fourth-order valence-corrected chi connectivity index (χ4v) is 12.4. The number of piperidine rings is 2. The van der Waals surface area contributed by atoms with Gasteiger partial charge in [0.25, 0.3) is 5.91 Å². The molecule has 4 aromatic carbocycles. The Bertz CT molecular complexity index is 3210. The molecule has 7 aromatic rings. The molecule has 15 nitrogen and oxygen atoms in total. The van der Waals surface area contributed by atoms with E-state index >= 15 is 0 Å². The molecule has 0 spiro atoms. The molecule has 0 bridgehead atoms. The van der Waals surface area contributed by atoms with Gasteiger partial charge in [-0.3, -0.25) is 29.7 Å². The average molecular weight is 1000 g/mol. The predicted molar refractivity (Wildman–Crippen MR) is 282 cm³/mol. The second kappa shape index (κ2) is 20.7. The highest BCUT2D eigenvalue weighted by molar-refractivity contribution is 7.22. The molecule has 3 fully saturated rings. The number of aromatic carboxylic acids is 1. The molecule has 2 saturated heterocycles. The minimum absolute atomic E-state index is 0.0225. The summed E-state index contributed by atoms with van der Waals surface area (Å²) >= 11 is 1.44. The normalized spacial score (nSPS) is 19.7. The standard InChI is InChI=1S/C57H60N8O7S/c1-34-39(40-22-24-49(59-52(40)56(69)70)65-32-26-36-10-5-12-41(44(36)33-65)54(67)61-57-58-45-14-3-4-17-48(45)73-57)11-6-15-46(34)71-37-20-18-35(19-21-37)9-8-29-64-30-27-38(28-31-64)72-47-16-7-13-42-51(62-63(2)53(42)47)43-23-25-50(66)60-55(43)68/h3-7,10-17,22,24,35,37-38,43H,8-9,18-21,23,25-33H2,1-2H3,(H,69,70)(H,58,61,67)(H,60,66,68). The van der Waals surface area contributed by atoms with Gasteiger partial charge in [0.15, 0.2) is 10.8 Å². The number of para-hydroxylation sites is 2. The lowest BCUT2D eigenvalue weighted by atomic mass is 9.84. The first-order valence-electron chi connectivity index (χ1n) is 25.7. The number of amides is 3. The monoisotopic (exact) mass is 1000 g/mol. The number of anilines is 2. The summed E-state index contributed by atoms with van der Waals surface area (Å²) in [5.41, 5.74) is 7.15. The molecule has 6 heterocycles. The Kier molecular flexibility index (Phi) is 13.7. The Morgan fingerprint density at radius 1 is 0.808 bits per heavy atom. The summed E-state index contributed by atoms with van der Waals surface area (Å²) in [6.07, 6.45) is 10.1. The van der Waals surface area contributed by atoms with Crippen molar-refractivity contribution in [2.45, 2.75) is 102 Å². The molecule has 11 rings (SSSR count). The van der Waals surface area contributed by atoms with E-state index in [0.29, 0.717) is 66.0 Å². The van der Waals surface area contributed by atoms with Crippen LogP contribution in [0.25, 0.3) is 32.2 Å². The van der Waals surface area contributed by atoms with Crippen molar-refractivity contribution >= 4 is 67.1 Å². The van der Waals surface area contributed by atoms with E-state index in [2.05, 4.69) is 20.5 Å². The van der Waals surface area contributed by atoms with Crippen molar-refractivity contribution in [3.8, 4) is 22.6 Å². The van der Waals surface area contributed by atoms with E-state index in [9.17, 15) is 24.3 Å². The number of nitrogens with one attached hydrogen (secondary N) is 2. The van der Waals surface area contributed by atoms with Crippen molar-refractivity contribution < 1.29 is 33.8 Å². The number of fused-ring (bicyclic) bond motifs is 3. The number of aromatic nitrogens is 4. The molecule has 1 unspecified atom stereocenters. The number of carboxylic acid groups (broad SMARTS) is 1. The molecule has 1 atom stereocenters. The van der Waals surface area contributed by atoms with E-state index in [0.717, 1.165) is 119 Å². The first kappa shape index (κ1) is 48.1. The molecular formula is C57H60N8O7S. The number of thiazole rings is 1. The van der Waals surface area contributed by atoms with Crippen LogP contribution in [0, 0.1) is 12.8 Å². The Morgan fingerprint density at radius 3 is 2.38 bits per heavy atom. The number of aryl methyl sites for hydroxylation is 1. The van der Waals surface area contributed by atoms with Crippen molar-refractivity contribution in [1.29, 1.82) is 0 Å². The molecule has 3 aliphatic heterocycles. The summed E-state index contributed by atoms with van der Waals surface area (Å²) in [5.74, 6) is 0.466. The molecular weight excluding hydrogens is 941 g/mol. The fourth-order valence-electron chi connectivity index (χ4n) is 11.5. The Labute approximate surface area is 427 Å². The molecule has 1 aliphatic carbocycles. The van der Waals surface area contributed by atoms with Crippen LogP contribution in [0.3, 0.4) is 0 Å². The highest BCUT2D eigenvalue weighted by Crippen LogP contribution is 2.39. The second-order valence-corrected chi connectivity index (χ2v) is 21.1. The number of imide groups is 1. The van der Waals surface area contributed by atoms with Crippen LogP contribution in [0.15, 0.2) is 91.0 Å². The molecule has 1 saturated carbocycles. The number of carboxylic acids is 1. The lowest BCUT2D eigenvalue weighted by Gasteiger charge is -2.33. The first-order chi connectivity index (χ1) is 35.5. The SMILES string of the molecule is Cc1c(OC2CCC(CCCN3CCC(Oc4cccc5c(C6CCC(=O)NC6=O)nn(C)c45)CC3)CC2)cccc1-c1ccc(N2CCc3cccc(C(=O)Nc4nc5ccccc5s4)c3C2)nc1C(=O)O.